The Morgan fingerprint density at radius 3 is 1.97 bits per heavy atom. The molecule has 24 nitrogen and oxygen atoms in total. The Bertz CT molecular complexity index is 2570. The number of likely N-dealkylation sites (tertiary alicyclic amines) is 1. The molecule has 0 spiro atoms. The van der Waals surface area contributed by atoms with Gasteiger partial charge in [-0.3, -0.25) is 14.5 Å². The number of esters is 1. The lowest BCUT2D eigenvalue weighted by Gasteiger charge is -2.51. The molecule has 0 radical (unpaired) electrons. The van der Waals surface area contributed by atoms with Crippen LogP contribution in [-0.2, 0) is 71.2 Å². The number of hydrogen-bond acceptors (Lipinski definition) is 23. The summed E-state index contributed by atoms with van der Waals surface area (Å²) in [6.45, 7) is 24.2. The second-order valence-electron chi connectivity index (χ2n) is 28.0. The first-order valence-corrected chi connectivity index (χ1v) is 32.1. The fraction of sp³-hybridized carbons (Fsp3) is 0.833. The van der Waals surface area contributed by atoms with Gasteiger partial charge in [-0.1, -0.05) is 55.7 Å². The van der Waals surface area contributed by atoms with Gasteiger partial charge in [-0.25, -0.2) is 4.79 Å². The van der Waals surface area contributed by atoms with E-state index in [1.54, 1.807) is 68.4 Å². The van der Waals surface area contributed by atoms with Crippen LogP contribution in [0.5, 0.6) is 0 Å². The van der Waals surface area contributed by atoms with Crippen LogP contribution in [0.15, 0.2) is 46.6 Å². The van der Waals surface area contributed by atoms with Crippen molar-refractivity contribution < 1.29 is 112 Å². The van der Waals surface area contributed by atoms with Crippen LogP contribution in [0.3, 0.4) is 0 Å². The SMILES string of the molecule is COC[C@@H](C[C@H]1O[C@@](O)([C@H](O)[C@@H]2C[C@H](OC)[C@@H](O)CC[C@H]3C(C)=C[C@@H]([C@@H](O[C@@H]4O[C@@H](C)[C@H](OC)[C@@H](O)[C@@H]4O)[C@H](C)/C=C(C)/C=C(C)/C=C(\C)C(=O)O2)[C@H]2C(=O)N(C(C)(C)C)C(=O)[C@H]23)[C@H](C)[C@@H](O)[C@H]1C)O[C@H]1C[C@](C)(O)[C@@H](O[C@H]2C[C@@H](OC)[C@H](O)[C@@H](C)O2)[C@H](C)O1. The molecule has 0 aromatic rings. The molecule has 0 saturated carbocycles. The molecule has 24 heteroatoms. The number of methoxy groups -OCH3 is 4. The van der Waals surface area contributed by atoms with E-state index in [-0.39, 0.29) is 44.3 Å². The standard InChI is InChI=1S/C66H107NO23/c1-30-21-31(2)23-34(5)62(76)87-47(58(73)66(78)36(7)52(69)35(6)44(90-66)25-40(29-79-15)86-49-28-65(14,77)59(39(10)84-49)88-48-27-46(81-17)53(70)37(8)83-48)26-45(80-16)43(68)20-19-41-32(3)24-42(51-50(41)60(74)67(61(51)75)64(11,12)13)56(33(4)22-30)89-63-55(72)54(71)57(82-18)38(9)85-63/h21-24,33,35-59,63,68-73,77-78H,19-20,25-29H2,1-18H3/b30-22+,31-21+,34-23+/t33-,35+,36-,37-,38+,39+,40-,41+,42-,43+,44-,45+,46-,47+,48+,49+,50+,51-,52+,53-,54+,55+,56+,57+,58-,59+,63+,65+,66-/m1/s1. The van der Waals surface area contributed by atoms with Gasteiger partial charge in [-0.05, 0) is 101 Å². The molecule has 7 rings (SSSR count). The van der Waals surface area contributed by atoms with E-state index < -0.39 is 205 Å². The van der Waals surface area contributed by atoms with E-state index in [9.17, 15) is 45.6 Å². The quantitative estimate of drug-likeness (QED) is 0.0659. The fourth-order valence-electron chi connectivity index (χ4n) is 15.1. The van der Waals surface area contributed by atoms with Crippen molar-refractivity contribution in [1.29, 1.82) is 0 Å². The number of cyclic esters (lactones) is 1. The maximum Gasteiger partial charge on any atom is 0.334 e. The number of carbonyl (C=O) groups is 3. The van der Waals surface area contributed by atoms with E-state index in [2.05, 4.69) is 0 Å². The van der Waals surface area contributed by atoms with Crippen molar-refractivity contribution in [2.45, 2.75) is 275 Å². The monoisotopic (exact) mass is 1280 g/mol. The van der Waals surface area contributed by atoms with Gasteiger partial charge in [0, 0.05) is 88.9 Å². The van der Waals surface area contributed by atoms with E-state index in [4.69, 9.17) is 56.8 Å². The summed E-state index contributed by atoms with van der Waals surface area (Å²) in [7, 11) is 5.71. The molecule has 0 unspecified atom stereocenters. The normalized spacial score (nSPS) is 46.4. The van der Waals surface area contributed by atoms with Crippen LogP contribution in [0.25, 0.3) is 0 Å². The van der Waals surface area contributed by atoms with E-state index in [1.165, 1.54) is 47.2 Å². The van der Waals surface area contributed by atoms with Crippen molar-refractivity contribution in [3.8, 4) is 0 Å². The lowest BCUT2D eigenvalue weighted by molar-refractivity contribution is -0.366. The van der Waals surface area contributed by atoms with Crippen molar-refractivity contribution in [2.75, 3.05) is 35.0 Å². The van der Waals surface area contributed by atoms with E-state index in [1.807, 2.05) is 39.0 Å². The predicted octanol–water partition coefficient (Wildman–Crippen LogP) is 3.68. The number of allylic oxidation sites excluding steroid dienone is 5. The molecule has 2 amide bonds. The number of ether oxygens (including phenoxy) is 12. The van der Waals surface area contributed by atoms with E-state index in [0.29, 0.717) is 11.1 Å². The minimum absolute atomic E-state index is 0.0211. The van der Waals surface area contributed by atoms with Gasteiger partial charge >= 0.3 is 5.97 Å². The highest BCUT2D eigenvalue weighted by Crippen LogP contribution is 2.51. The Hall–Kier alpha value is -3.19. The summed E-state index contributed by atoms with van der Waals surface area (Å²) in [6, 6.07) is 0. The van der Waals surface area contributed by atoms with Crippen molar-refractivity contribution >= 4 is 17.8 Å². The molecule has 7 aliphatic rings. The average Bonchev–Trinajstić information content (AvgIpc) is 1.58. The second-order valence-corrected chi connectivity index (χ2v) is 28.0. The van der Waals surface area contributed by atoms with Crippen molar-refractivity contribution in [1.82, 2.24) is 4.90 Å². The van der Waals surface area contributed by atoms with Crippen LogP contribution in [0.4, 0.5) is 0 Å². The number of carbonyl (C=O) groups excluding carboxylic acids is 3. The van der Waals surface area contributed by atoms with Crippen molar-refractivity contribution in [3.63, 3.8) is 0 Å². The van der Waals surface area contributed by atoms with Crippen molar-refractivity contribution in [3.05, 3.63) is 46.6 Å². The summed E-state index contributed by atoms with van der Waals surface area (Å²) in [5.74, 6) is -10.0. The number of hydrogen-bond donors (Lipinski definition) is 8. The maximum absolute atomic E-state index is 15.1. The second kappa shape index (κ2) is 30.3. The number of aliphatic hydroxyl groups is 8. The van der Waals surface area contributed by atoms with Gasteiger partial charge in [0.05, 0.1) is 85.1 Å². The summed E-state index contributed by atoms with van der Waals surface area (Å²) >= 11 is 0. The highest BCUT2D eigenvalue weighted by Gasteiger charge is 2.61. The van der Waals surface area contributed by atoms with Gasteiger partial charge < -0.3 is 97.7 Å². The Morgan fingerprint density at radius 2 is 1.36 bits per heavy atom. The van der Waals surface area contributed by atoms with Gasteiger partial charge in [-0.15, -0.1) is 0 Å². The Kier molecular flexibility index (Phi) is 25.0. The third-order valence-corrected chi connectivity index (χ3v) is 20.0. The third-order valence-electron chi connectivity index (χ3n) is 20.0. The van der Waals surface area contributed by atoms with Crippen LogP contribution in [0.2, 0.25) is 0 Å². The van der Waals surface area contributed by atoms with Gasteiger partial charge in [-0.2, -0.15) is 0 Å². The van der Waals surface area contributed by atoms with E-state index in [0.717, 1.165) is 5.57 Å². The summed E-state index contributed by atoms with van der Waals surface area (Å²) in [5.41, 5.74) is -0.309. The molecule has 514 valence electrons. The van der Waals surface area contributed by atoms with Crippen molar-refractivity contribution in [2.24, 2.45) is 41.4 Å². The topological polar surface area (TPSA) is 327 Å². The molecule has 6 aliphatic heterocycles. The molecule has 5 saturated heterocycles. The highest BCUT2D eigenvalue weighted by molar-refractivity contribution is 6.06. The first kappa shape index (κ1) is 74.2. The zero-order valence-corrected chi connectivity index (χ0v) is 56.0. The minimum Gasteiger partial charge on any atom is -0.456 e. The summed E-state index contributed by atoms with van der Waals surface area (Å²) in [4.78, 5) is 45.8. The van der Waals surface area contributed by atoms with Gasteiger partial charge in [0.2, 0.25) is 17.6 Å². The van der Waals surface area contributed by atoms with Crippen LogP contribution < -0.4 is 0 Å². The first-order chi connectivity index (χ1) is 42.0. The average molecular weight is 1280 g/mol. The molecule has 1 aliphatic carbocycles. The van der Waals surface area contributed by atoms with E-state index >= 15 is 9.59 Å². The number of rotatable bonds is 15. The van der Waals surface area contributed by atoms with Crippen LogP contribution >= 0.6 is 0 Å². The smallest absolute Gasteiger partial charge is 0.334 e. The lowest BCUT2D eigenvalue weighted by atomic mass is 9.64. The summed E-state index contributed by atoms with van der Waals surface area (Å²) < 4.78 is 73.2. The predicted molar refractivity (Wildman–Crippen MR) is 324 cm³/mol. The number of fused-ring (bicyclic) bond motifs is 5. The Labute approximate surface area is 531 Å². The molecule has 0 aromatic heterocycles. The molecular weight excluding hydrogens is 1170 g/mol. The zero-order chi connectivity index (χ0) is 67.0. The molecular formula is C66H107NO23. The summed E-state index contributed by atoms with van der Waals surface area (Å²) in [5, 5.41) is 94.9. The molecule has 8 N–H and O–H groups in total. The van der Waals surface area contributed by atoms with Gasteiger partial charge in [0.15, 0.2) is 18.9 Å². The Balaban J connectivity index is 1.19. The molecule has 90 heavy (non-hydrogen) atoms. The lowest BCUT2D eigenvalue weighted by Crippen LogP contribution is -2.66. The van der Waals surface area contributed by atoms with Crippen LogP contribution in [0.1, 0.15) is 135 Å². The maximum atomic E-state index is 15.1. The minimum atomic E-state index is -2.63. The molecule has 29 atom stereocenters. The molecule has 2 bridgehead atoms. The largest absolute Gasteiger partial charge is 0.456 e. The van der Waals surface area contributed by atoms with Gasteiger partial charge in [0.1, 0.15) is 42.7 Å². The summed E-state index contributed by atoms with van der Waals surface area (Å²) in [6.07, 6.45) is -14.6. The molecule has 5 fully saturated rings. The third kappa shape index (κ3) is 16.0. The number of imide groups is 1. The first-order valence-electron chi connectivity index (χ1n) is 32.1. The molecule has 0 aromatic carbocycles. The Morgan fingerprint density at radius 1 is 0.711 bits per heavy atom. The number of aliphatic hydroxyl groups excluding tert-OH is 6. The zero-order valence-electron chi connectivity index (χ0n) is 56.0. The number of amides is 2. The van der Waals surface area contributed by atoms with Gasteiger partial charge in [0.25, 0.3) is 0 Å². The highest BCUT2D eigenvalue weighted by atomic mass is 16.7. The fourth-order valence-corrected chi connectivity index (χ4v) is 15.1. The van der Waals surface area contributed by atoms with Crippen LogP contribution in [0, 0.1) is 41.4 Å². The molecule has 6 heterocycles. The number of nitrogens with zero attached hydrogens (tertiary/aromatic N) is 1. The van der Waals surface area contributed by atoms with Crippen LogP contribution in [-0.4, -0.2) is 238 Å².